The molecule has 0 atom stereocenters. The van der Waals surface area contributed by atoms with E-state index in [2.05, 4.69) is 229 Å². The van der Waals surface area contributed by atoms with E-state index in [1.807, 2.05) is 6.07 Å². The topological polar surface area (TPSA) is 12.0 Å². The fraction of sp³-hybridized carbons (Fsp3) is 0. The minimum absolute atomic E-state index is 0.956. The Bertz CT molecular complexity index is 2410. The van der Waals surface area contributed by atoms with Gasteiger partial charge in [-0.15, -0.1) is 5.54 Å². The van der Waals surface area contributed by atoms with Gasteiger partial charge in [0, 0.05) is 11.3 Å². The summed E-state index contributed by atoms with van der Waals surface area (Å²) in [5.41, 5.74) is 11.6. The smallest absolute Gasteiger partial charge is 0.230 e. The van der Waals surface area contributed by atoms with Crippen molar-refractivity contribution in [2.24, 2.45) is 0 Å². The third kappa shape index (κ3) is 6.74. The van der Waals surface area contributed by atoms with E-state index in [0.29, 0.717) is 0 Å². The van der Waals surface area contributed by atoms with E-state index in [1.54, 1.807) is 0 Å². The van der Waals surface area contributed by atoms with Gasteiger partial charge in [0.05, 0.1) is 5.69 Å². The van der Waals surface area contributed by atoms with Crippen LogP contribution < -0.4 is 20.9 Å². The first kappa shape index (κ1) is 32.5. The predicted octanol–water partition coefficient (Wildman–Crippen LogP) is 10.5. The number of para-hydroxylation sites is 2. The molecule has 2 heteroatoms. The predicted molar refractivity (Wildman–Crippen MR) is 225 cm³/mol. The van der Waals surface area contributed by atoms with Crippen molar-refractivity contribution in [3.05, 3.63) is 223 Å². The molecule has 1 nitrogen and oxygen atoms in total. The van der Waals surface area contributed by atoms with Gasteiger partial charge >= 0.3 is 0 Å². The van der Waals surface area contributed by atoms with Crippen molar-refractivity contribution in [3.63, 3.8) is 0 Å². The summed E-state index contributed by atoms with van der Waals surface area (Å²) in [4.78, 5) is 0. The van der Waals surface area contributed by atoms with E-state index in [9.17, 15) is 0 Å². The van der Waals surface area contributed by atoms with E-state index in [4.69, 9.17) is 0 Å². The van der Waals surface area contributed by atoms with E-state index in [-0.39, 0.29) is 0 Å². The molecule has 0 unspecified atom stereocenters. The molecule has 0 spiro atoms. The van der Waals surface area contributed by atoms with Crippen LogP contribution in [0.1, 0.15) is 16.7 Å². The molecule has 0 aliphatic heterocycles. The minimum Gasteiger partial charge on any atom is -0.354 e. The Balaban J connectivity index is 1.22. The van der Waals surface area contributed by atoms with Crippen LogP contribution >= 0.6 is 0 Å². The summed E-state index contributed by atoms with van der Waals surface area (Å²) in [6.07, 6.45) is 4.38. The Labute approximate surface area is 307 Å². The normalized spacial score (nSPS) is 11.2. The second kappa shape index (κ2) is 15.1. The van der Waals surface area contributed by atoms with Crippen LogP contribution in [0.5, 0.6) is 0 Å². The van der Waals surface area contributed by atoms with E-state index >= 15 is 0 Å². The lowest BCUT2D eigenvalue weighted by atomic mass is 9.97. The molecule has 0 saturated carbocycles. The molecule has 1 N–H and O–H groups in total. The van der Waals surface area contributed by atoms with Crippen molar-refractivity contribution in [2.75, 3.05) is 5.32 Å². The Morgan fingerprint density at radius 3 is 1.62 bits per heavy atom. The second-order valence-electron chi connectivity index (χ2n) is 12.8. The zero-order valence-electron chi connectivity index (χ0n) is 28.8. The molecule has 0 aromatic heterocycles. The zero-order chi connectivity index (χ0) is 35.0. The van der Waals surface area contributed by atoms with Gasteiger partial charge in [0.15, 0.2) is 0 Å². The summed E-state index contributed by atoms with van der Waals surface area (Å²) < 4.78 is 0. The van der Waals surface area contributed by atoms with Gasteiger partial charge < -0.3 is 5.32 Å². The van der Waals surface area contributed by atoms with Crippen molar-refractivity contribution < 1.29 is 0 Å². The summed E-state index contributed by atoms with van der Waals surface area (Å²) >= 11 is 0. The maximum Gasteiger partial charge on any atom is 0.230 e. The Kier molecular flexibility index (Phi) is 9.43. The van der Waals surface area contributed by atoms with Crippen LogP contribution in [-0.4, -0.2) is 8.07 Å². The maximum absolute atomic E-state index is 3.98. The van der Waals surface area contributed by atoms with Crippen LogP contribution in [0.25, 0.3) is 34.1 Å². The van der Waals surface area contributed by atoms with E-state index in [1.165, 1.54) is 37.5 Å². The molecular formula is C50H37NSi. The van der Waals surface area contributed by atoms with Crippen LogP contribution in [0.2, 0.25) is 0 Å². The van der Waals surface area contributed by atoms with Crippen LogP contribution in [0.3, 0.4) is 0 Å². The fourth-order valence-electron chi connectivity index (χ4n) is 7.00. The average Bonchev–Trinajstić information content (AvgIpc) is 3.22. The van der Waals surface area contributed by atoms with Crippen molar-refractivity contribution in [1.29, 1.82) is 0 Å². The van der Waals surface area contributed by atoms with Gasteiger partial charge in [0.2, 0.25) is 8.07 Å². The minimum atomic E-state index is -2.77. The number of nitrogens with one attached hydrogen (secondary N) is 1. The lowest BCUT2D eigenvalue weighted by Gasteiger charge is -2.28. The summed E-state index contributed by atoms with van der Waals surface area (Å²) in [6, 6.07) is 73.2. The van der Waals surface area contributed by atoms with E-state index in [0.717, 1.165) is 28.1 Å². The van der Waals surface area contributed by atoms with Crippen LogP contribution in [-0.2, 0) is 0 Å². The molecule has 0 saturated heterocycles. The standard InChI is InChI=1S/C50H37NSi/c1-5-21-44(22-6-1)51-50-42(36-33-39-31-34-41(35-32-39)49-30-16-18-40-17-13-14-29-48(40)49)19-15-20-43(50)37-38-52(45-23-7-2-8-24-45,46-25-9-3-10-26-46)47-27-11-4-12-28-47/h1-36,51H. The molecule has 0 bridgehead atoms. The molecule has 0 aliphatic carbocycles. The fourth-order valence-corrected chi connectivity index (χ4v) is 10.8. The van der Waals surface area contributed by atoms with Gasteiger partial charge in [0.25, 0.3) is 0 Å². The second-order valence-corrected chi connectivity index (χ2v) is 16.3. The number of benzene rings is 8. The molecule has 0 radical (unpaired) electrons. The van der Waals surface area contributed by atoms with Gasteiger partial charge in [-0.25, -0.2) is 0 Å². The monoisotopic (exact) mass is 679 g/mol. The van der Waals surface area contributed by atoms with Crippen LogP contribution in [0, 0.1) is 11.5 Å². The molecule has 0 amide bonds. The Hall–Kier alpha value is -6.66. The molecule has 8 aromatic carbocycles. The Morgan fingerprint density at radius 1 is 0.442 bits per heavy atom. The third-order valence-corrected chi connectivity index (χ3v) is 13.7. The third-order valence-electron chi connectivity index (χ3n) is 9.61. The number of hydrogen-bond acceptors (Lipinski definition) is 1. The first-order valence-corrected chi connectivity index (χ1v) is 19.7. The highest BCUT2D eigenvalue weighted by molar-refractivity contribution is 7.16. The summed E-state index contributed by atoms with van der Waals surface area (Å²) in [7, 11) is -2.77. The Morgan fingerprint density at radius 2 is 0.981 bits per heavy atom. The SMILES string of the molecule is C(#C[Si](c1ccccc1)(c1ccccc1)c1ccccc1)c1cccc(C=Cc2ccc(-c3cccc4ccccc34)cc2)c1Nc1ccccc1. The first-order valence-electron chi connectivity index (χ1n) is 17.7. The van der Waals surface area contributed by atoms with Gasteiger partial charge in [-0.05, 0) is 66.8 Å². The summed E-state index contributed by atoms with van der Waals surface area (Å²) in [6.45, 7) is 0. The number of fused-ring (bicyclic) bond motifs is 1. The molecule has 8 aromatic rings. The molecule has 52 heavy (non-hydrogen) atoms. The quantitative estimate of drug-likeness (QED) is 0.0730. The van der Waals surface area contributed by atoms with Gasteiger partial charge in [-0.1, -0.05) is 206 Å². The molecular weight excluding hydrogens is 643 g/mol. The lowest BCUT2D eigenvalue weighted by Crippen LogP contribution is -2.66. The van der Waals surface area contributed by atoms with Crippen molar-refractivity contribution in [1.82, 2.24) is 0 Å². The lowest BCUT2D eigenvalue weighted by molar-refractivity contribution is 1.51. The maximum atomic E-state index is 3.98. The number of rotatable bonds is 8. The highest BCUT2D eigenvalue weighted by Crippen LogP contribution is 2.30. The van der Waals surface area contributed by atoms with Gasteiger partial charge in [0.1, 0.15) is 0 Å². The highest BCUT2D eigenvalue weighted by atomic mass is 28.3. The molecule has 0 aliphatic rings. The van der Waals surface area contributed by atoms with Crippen molar-refractivity contribution in [2.45, 2.75) is 0 Å². The molecule has 246 valence electrons. The largest absolute Gasteiger partial charge is 0.354 e. The molecule has 0 heterocycles. The van der Waals surface area contributed by atoms with Crippen LogP contribution in [0.4, 0.5) is 11.4 Å². The van der Waals surface area contributed by atoms with Gasteiger partial charge in [-0.3, -0.25) is 0 Å². The average molecular weight is 680 g/mol. The molecule has 0 fully saturated rings. The van der Waals surface area contributed by atoms with Crippen molar-refractivity contribution in [3.8, 4) is 22.6 Å². The number of hydrogen-bond donors (Lipinski definition) is 1. The first-order chi connectivity index (χ1) is 25.8. The summed E-state index contributed by atoms with van der Waals surface area (Å²) in [5.74, 6) is 3.76. The van der Waals surface area contributed by atoms with Crippen LogP contribution in [0.15, 0.2) is 206 Å². The number of anilines is 2. The van der Waals surface area contributed by atoms with Gasteiger partial charge in [-0.2, -0.15) is 0 Å². The summed E-state index contributed by atoms with van der Waals surface area (Å²) in [5, 5.41) is 10.1. The zero-order valence-corrected chi connectivity index (χ0v) is 29.8. The molecule has 8 rings (SSSR count). The van der Waals surface area contributed by atoms with Crippen molar-refractivity contribution >= 4 is 57.9 Å². The van der Waals surface area contributed by atoms with E-state index < -0.39 is 8.07 Å². The highest BCUT2D eigenvalue weighted by Gasteiger charge is 2.38.